The van der Waals surface area contributed by atoms with Gasteiger partial charge in [-0.15, -0.1) is 0 Å². The van der Waals surface area contributed by atoms with Gasteiger partial charge in [-0.1, -0.05) is 12.8 Å². The van der Waals surface area contributed by atoms with Crippen LogP contribution in [0.5, 0.6) is 0 Å². The molecule has 18 heavy (non-hydrogen) atoms. The number of hydrogen-bond acceptors (Lipinski definition) is 1. The summed E-state index contributed by atoms with van der Waals surface area (Å²) in [5.41, 5.74) is 1.03. The Morgan fingerprint density at radius 3 is 2.67 bits per heavy atom. The van der Waals surface area contributed by atoms with Crippen LogP contribution in [-0.2, 0) is 13.6 Å². The van der Waals surface area contributed by atoms with E-state index in [2.05, 4.69) is 5.32 Å². The number of halogens is 3. The Morgan fingerprint density at radius 2 is 2.06 bits per heavy atom. The predicted octanol–water partition coefficient (Wildman–Crippen LogP) is 3.24. The maximum atomic E-state index is 12.9. The van der Waals surface area contributed by atoms with Crippen molar-refractivity contribution in [3.63, 3.8) is 0 Å². The van der Waals surface area contributed by atoms with Gasteiger partial charge >= 0.3 is 6.18 Å². The van der Waals surface area contributed by atoms with Crippen molar-refractivity contribution < 1.29 is 13.2 Å². The molecule has 1 heterocycles. The molecule has 0 aliphatic heterocycles. The van der Waals surface area contributed by atoms with Crippen LogP contribution in [0.15, 0.2) is 18.5 Å². The van der Waals surface area contributed by atoms with Crippen molar-refractivity contribution in [1.82, 2.24) is 9.88 Å². The van der Waals surface area contributed by atoms with E-state index in [-0.39, 0.29) is 6.42 Å². The average molecular weight is 260 g/mol. The molecular formula is C13H19F3N2. The molecule has 102 valence electrons. The van der Waals surface area contributed by atoms with E-state index < -0.39 is 18.1 Å². The number of alkyl halides is 3. The summed E-state index contributed by atoms with van der Waals surface area (Å²) >= 11 is 0. The minimum Gasteiger partial charge on any atom is -0.357 e. The molecular weight excluding hydrogens is 241 g/mol. The lowest BCUT2D eigenvalue weighted by molar-refractivity contribution is -0.189. The molecule has 2 nitrogen and oxygen atoms in total. The van der Waals surface area contributed by atoms with Gasteiger partial charge in [-0.2, -0.15) is 13.2 Å². The van der Waals surface area contributed by atoms with E-state index in [0.717, 1.165) is 12.0 Å². The molecule has 0 radical (unpaired) electrons. The van der Waals surface area contributed by atoms with Crippen LogP contribution in [0.3, 0.4) is 0 Å². The third kappa shape index (κ3) is 3.28. The molecule has 1 aromatic rings. The second kappa shape index (κ2) is 5.34. The van der Waals surface area contributed by atoms with Crippen molar-refractivity contribution in [1.29, 1.82) is 0 Å². The molecule has 5 heteroatoms. The molecule has 1 aliphatic carbocycles. The molecule has 0 saturated heterocycles. The first-order valence-corrected chi connectivity index (χ1v) is 6.38. The van der Waals surface area contributed by atoms with E-state index >= 15 is 0 Å². The number of hydrogen-bond donors (Lipinski definition) is 1. The molecule has 1 N–H and O–H groups in total. The van der Waals surface area contributed by atoms with E-state index in [9.17, 15) is 13.2 Å². The maximum absolute atomic E-state index is 12.9. The first-order chi connectivity index (χ1) is 8.47. The summed E-state index contributed by atoms with van der Waals surface area (Å²) < 4.78 is 40.5. The molecule has 0 amide bonds. The van der Waals surface area contributed by atoms with Crippen LogP contribution >= 0.6 is 0 Å². The lowest BCUT2D eigenvalue weighted by Gasteiger charge is -2.33. The van der Waals surface area contributed by atoms with Gasteiger partial charge in [0.15, 0.2) is 0 Å². The molecule has 2 rings (SSSR count). The van der Waals surface area contributed by atoms with Crippen molar-refractivity contribution in [2.24, 2.45) is 13.0 Å². The first kappa shape index (κ1) is 13.5. The minimum absolute atomic E-state index is 0.260. The van der Waals surface area contributed by atoms with Crippen molar-refractivity contribution in [3.05, 3.63) is 24.0 Å². The topological polar surface area (TPSA) is 17.0 Å². The summed E-state index contributed by atoms with van der Waals surface area (Å²) in [6, 6.07) is 1.50. The Labute approximate surface area is 105 Å². The summed E-state index contributed by atoms with van der Waals surface area (Å²) in [7, 11) is 1.91. The highest BCUT2D eigenvalue weighted by atomic mass is 19.4. The van der Waals surface area contributed by atoms with Gasteiger partial charge in [-0.05, 0) is 24.5 Å². The van der Waals surface area contributed by atoms with E-state index in [1.807, 2.05) is 30.1 Å². The zero-order valence-electron chi connectivity index (χ0n) is 10.5. The van der Waals surface area contributed by atoms with Gasteiger partial charge in [0.2, 0.25) is 0 Å². The van der Waals surface area contributed by atoms with Crippen LogP contribution in [0.1, 0.15) is 31.2 Å². The molecule has 1 aliphatic rings. The normalized spacial score (nSPS) is 25.3. The molecule has 0 spiro atoms. The maximum Gasteiger partial charge on any atom is 0.393 e. The smallest absolute Gasteiger partial charge is 0.357 e. The highest BCUT2D eigenvalue weighted by Crippen LogP contribution is 2.37. The van der Waals surface area contributed by atoms with E-state index in [1.54, 1.807) is 0 Å². The Morgan fingerprint density at radius 1 is 1.33 bits per heavy atom. The van der Waals surface area contributed by atoms with E-state index in [0.29, 0.717) is 19.4 Å². The number of aryl methyl sites for hydroxylation is 1. The fourth-order valence-corrected chi connectivity index (χ4v) is 2.68. The summed E-state index contributed by atoms with van der Waals surface area (Å²) in [6.45, 7) is 0.512. The Bertz CT molecular complexity index is 384. The fourth-order valence-electron chi connectivity index (χ4n) is 2.68. The Hall–Kier alpha value is -0.970. The summed E-state index contributed by atoms with van der Waals surface area (Å²) in [4.78, 5) is 0. The first-order valence-electron chi connectivity index (χ1n) is 6.38. The zero-order chi connectivity index (χ0) is 13.2. The third-order valence-corrected chi connectivity index (χ3v) is 3.65. The summed E-state index contributed by atoms with van der Waals surface area (Å²) in [5, 5.41) is 3.07. The average Bonchev–Trinajstić information content (AvgIpc) is 2.72. The summed E-state index contributed by atoms with van der Waals surface area (Å²) in [6.07, 6.45) is 2.21. The van der Waals surface area contributed by atoms with Crippen molar-refractivity contribution in [2.45, 2.75) is 44.4 Å². The van der Waals surface area contributed by atoms with Crippen LogP contribution in [0.2, 0.25) is 0 Å². The van der Waals surface area contributed by atoms with Gasteiger partial charge in [0, 0.05) is 32.0 Å². The molecule has 0 aromatic carbocycles. The van der Waals surface area contributed by atoms with Gasteiger partial charge in [0.1, 0.15) is 0 Å². The van der Waals surface area contributed by atoms with E-state index in [4.69, 9.17) is 0 Å². The summed E-state index contributed by atoms with van der Waals surface area (Å²) in [5.74, 6) is -1.19. The largest absolute Gasteiger partial charge is 0.393 e. The van der Waals surface area contributed by atoms with Gasteiger partial charge in [-0.25, -0.2) is 0 Å². The van der Waals surface area contributed by atoms with Crippen LogP contribution in [0.4, 0.5) is 13.2 Å². The van der Waals surface area contributed by atoms with Crippen molar-refractivity contribution in [2.75, 3.05) is 0 Å². The second-order valence-electron chi connectivity index (χ2n) is 5.11. The van der Waals surface area contributed by atoms with Gasteiger partial charge < -0.3 is 9.88 Å². The van der Waals surface area contributed by atoms with Gasteiger partial charge in [-0.3, -0.25) is 0 Å². The number of nitrogens with zero attached hydrogens (tertiary/aromatic N) is 1. The molecule has 1 fully saturated rings. The molecule has 0 bridgehead atoms. The van der Waals surface area contributed by atoms with E-state index in [1.165, 1.54) is 0 Å². The third-order valence-electron chi connectivity index (χ3n) is 3.65. The standard InChI is InChI=1S/C13H19F3N2/c1-18-7-6-10(9-18)8-17-12-5-3-2-4-11(12)13(14,15)16/h6-7,9,11-12,17H,2-5,8H2,1H3. The quantitative estimate of drug-likeness (QED) is 0.883. The molecule has 1 saturated carbocycles. The monoisotopic (exact) mass is 260 g/mol. The lowest BCUT2D eigenvalue weighted by Crippen LogP contribution is -2.45. The van der Waals surface area contributed by atoms with Crippen LogP contribution in [-0.4, -0.2) is 16.8 Å². The molecule has 2 atom stereocenters. The number of aromatic nitrogens is 1. The molecule has 2 unspecified atom stereocenters. The minimum atomic E-state index is -4.07. The second-order valence-corrected chi connectivity index (χ2v) is 5.11. The fraction of sp³-hybridized carbons (Fsp3) is 0.692. The highest BCUT2D eigenvalue weighted by Gasteiger charge is 2.45. The van der Waals surface area contributed by atoms with Crippen molar-refractivity contribution >= 4 is 0 Å². The molecule has 1 aromatic heterocycles. The van der Waals surface area contributed by atoms with Gasteiger partial charge in [0.05, 0.1) is 5.92 Å². The zero-order valence-corrected chi connectivity index (χ0v) is 10.5. The number of nitrogens with one attached hydrogen (secondary N) is 1. The van der Waals surface area contributed by atoms with Gasteiger partial charge in [0.25, 0.3) is 0 Å². The Balaban J connectivity index is 1.93. The number of rotatable bonds is 3. The van der Waals surface area contributed by atoms with Crippen molar-refractivity contribution in [3.8, 4) is 0 Å². The Kier molecular flexibility index (Phi) is 4.00. The van der Waals surface area contributed by atoms with Crippen LogP contribution in [0, 0.1) is 5.92 Å². The lowest BCUT2D eigenvalue weighted by atomic mass is 9.84. The van der Waals surface area contributed by atoms with Crippen LogP contribution in [0.25, 0.3) is 0 Å². The SMILES string of the molecule is Cn1ccc(CNC2CCCCC2C(F)(F)F)c1. The highest BCUT2D eigenvalue weighted by molar-refractivity contribution is 5.09. The van der Waals surface area contributed by atoms with Crippen LogP contribution < -0.4 is 5.32 Å². The predicted molar refractivity (Wildman–Crippen MR) is 64.1 cm³/mol.